The molecule has 0 radical (unpaired) electrons. The summed E-state index contributed by atoms with van der Waals surface area (Å²) in [5, 5.41) is 6.79. The number of carbonyl (C=O) groups is 1. The maximum atomic E-state index is 12.1. The maximum Gasteiger partial charge on any atom is 0.498 e. The molecule has 8 heteroatoms. The Hall–Kier alpha value is -2.06. The molecular weight excluding hydrogens is 297 g/mol. The van der Waals surface area contributed by atoms with Gasteiger partial charge in [-0.25, -0.2) is 4.79 Å². The monoisotopic (exact) mass is 317 g/mol. The first kappa shape index (κ1) is 15.8. The number of rotatable bonds is 3. The molecule has 0 aromatic carbocycles. The Bertz CT molecular complexity index is 677. The van der Waals surface area contributed by atoms with Gasteiger partial charge in [0.05, 0.1) is 24.0 Å². The van der Waals surface area contributed by atoms with E-state index in [4.69, 9.17) is 13.7 Å². The van der Waals surface area contributed by atoms with Crippen molar-refractivity contribution in [1.82, 2.24) is 15.1 Å². The third-order valence-electron chi connectivity index (χ3n) is 4.33. The predicted octanol–water partition coefficient (Wildman–Crippen LogP) is 1.53. The molecule has 0 unspecified atom stereocenters. The minimum atomic E-state index is -0.536. The van der Waals surface area contributed by atoms with Crippen LogP contribution in [0, 0.1) is 0 Å². The van der Waals surface area contributed by atoms with Crippen LogP contribution in [-0.4, -0.2) is 34.1 Å². The van der Waals surface area contributed by atoms with Crippen molar-refractivity contribution in [2.75, 3.05) is 0 Å². The molecule has 1 N–H and O–H groups in total. The summed E-state index contributed by atoms with van der Waals surface area (Å²) in [5.41, 5.74) is -0.153. The first-order valence-corrected chi connectivity index (χ1v) is 7.49. The van der Waals surface area contributed by atoms with Gasteiger partial charge in [-0.15, -0.1) is 0 Å². The molecule has 0 saturated carbocycles. The summed E-state index contributed by atoms with van der Waals surface area (Å²) in [6.45, 7) is 8.22. The van der Waals surface area contributed by atoms with Gasteiger partial charge in [0.1, 0.15) is 5.76 Å². The number of nitrogens with zero attached hydrogens (tertiary/aromatic N) is 2. The summed E-state index contributed by atoms with van der Waals surface area (Å²) >= 11 is 0. The first-order chi connectivity index (χ1) is 10.8. The zero-order valence-corrected chi connectivity index (χ0v) is 13.7. The average Bonchev–Trinajstić information content (AvgIpc) is 3.17. The van der Waals surface area contributed by atoms with Crippen molar-refractivity contribution in [2.24, 2.45) is 0 Å². The van der Waals surface area contributed by atoms with Crippen molar-refractivity contribution in [3.8, 4) is 0 Å². The molecule has 1 fully saturated rings. The number of hydrogen-bond donors (Lipinski definition) is 1. The van der Waals surface area contributed by atoms with Crippen molar-refractivity contribution < 1.29 is 18.5 Å². The second-order valence-electron chi connectivity index (χ2n) is 6.54. The van der Waals surface area contributed by atoms with Gasteiger partial charge in [0.15, 0.2) is 0 Å². The Morgan fingerprint density at radius 1 is 1.30 bits per heavy atom. The minimum absolute atomic E-state index is 0.303. The van der Waals surface area contributed by atoms with Gasteiger partial charge in [-0.05, 0) is 39.8 Å². The summed E-state index contributed by atoms with van der Waals surface area (Å²) in [6, 6.07) is 3.22. The smallest absolute Gasteiger partial charge is 0.467 e. The van der Waals surface area contributed by atoms with Crippen LogP contribution in [0.2, 0.25) is 0 Å². The first-order valence-electron chi connectivity index (χ1n) is 7.49. The summed E-state index contributed by atoms with van der Waals surface area (Å²) in [7, 11) is -0.536. The lowest BCUT2D eigenvalue weighted by Gasteiger charge is -2.32. The normalized spacial score (nSPS) is 19.0. The molecule has 7 nitrogen and oxygen atoms in total. The van der Waals surface area contributed by atoms with Crippen LogP contribution < -0.4 is 10.8 Å². The molecule has 0 atom stereocenters. The van der Waals surface area contributed by atoms with Crippen molar-refractivity contribution in [3.63, 3.8) is 0 Å². The van der Waals surface area contributed by atoms with E-state index < -0.39 is 18.3 Å². The van der Waals surface area contributed by atoms with E-state index in [1.54, 1.807) is 30.8 Å². The molecule has 0 spiro atoms. The number of carbonyl (C=O) groups excluding carboxylic acids is 1. The van der Waals surface area contributed by atoms with Gasteiger partial charge in [0.2, 0.25) is 0 Å². The number of aromatic nitrogens is 2. The quantitative estimate of drug-likeness (QED) is 0.869. The van der Waals surface area contributed by atoms with Crippen LogP contribution in [0.1, 0.15) is 33.5 Å². The van der Waals surface area contributed by atoms with E-state index in [1.165, 1.54) is 4.68 Å². The molecule has 23 heavy (non-hydrogen) atoms. The van der Waals surface area contributed by atoms with Crippen LogP contribution in [0.3, 0.4) is 0 Å². The van der Waals surface area contributed by atoms with Crippen LogP contribution in [0.25, 0.3) is 0 Å². The predicted molar refractivity (Wildman–Crippen MR) is 84.3 cm³/mol. The van der Waals surface area contributed by atoms with Crippen molar-refractivity contribution >= 4 is 18.6 Å². The van der Waals surface area contributed by atoms with Crippen LogP contribution in [0.4, 0.5) is 4.79 Å². The fourth-order valence-electron chi connectivity index (χ4n) is 2.21. The van der Waals surface area contributed by atoms with E-state index in [-0.39, 0.29) is 6.03 Å². The van der Waals surface area contributed by atoms with Crippen LogP contribution in [0.15, 0.2) is 35.2 Å². The highest BCUT2D eigenvalue weighted by atomic mass is 16.7. The van der Waals surface area contributed by atoms with Gasteiger partial charge in [-0.3, -0.25) is 0 Å². The molecule has 2 aromatic rings. The lowest BCUT2D eigenvalue weighted by Crippen LogP contribution is -2.41. The Kier molecular flexibility index (Phi) is 3.81. The highest BCUT2D eigenvalue weighted by molar-refractivity contribution is 6.62. The van der Waals surface area contributed by atoms with Crippen molar-refractivity contribution in [1.29, 1.82) is 0 Å². The van der Waals surface area contributed by atoms with E-state index in [0.717, 1.165) is 0 Å². The lowest BCUT2D eigenvalue weighted by atomic mass is 9.82. The van der Waals surface area contributed by atoms with E-state index in [2.05, 4.69) is 10.4 Å². The van der Waals surface area contributed by atoms with Crippen LogP contribution in [0.5, 0.6) is 0 Å². The molecule has 1 aliphatic heterocycles. The molecule has 3 heterocycles. The highest BCUT2D eigenvalue weighted by Gasteiger charge is 2.52. The summed E-state index contributed by atoms with van der Waals surface area (Å²) < 4.78 is 18.3. The fraction of sp³-hybridized carbons (Fsp3) is 0.467. The molecule has 3 rings (SSSR count). The van der Waals surface area contributed by atoms with E-state index in [9.17, 15) is 4.79 Å². The Morgan fingerprint density at radius 3 is 2.61 bits per heavy atom. The number of amides is 1. The van der Waals surface area contributed by atoms with Crippen LogP contribution >= 0.6 is 0 Å². The topological polar surface area (TPSA) is 78.5 Å². The molecule has 0 bridgehead atoms. The standard InChI is InChI=1S/C15H20BN3O4/c1-14(2)15(3,4)23-16(22-14)11-8-18-19(10-11)13(20)17-9-12-6-5-7-21-12/h5-8,10H,9H2,1-4H3,(H,17,20). The Morgan fingerprint density at radius 2 is 2.00 bits per heavy atom. The fourth-order valence-corrected chi connectivity index (χ4v) is 2.21. The number of nitrogens with one attached hydrogen (secondary N) is 1. The second-order valence-corrected chi connectivity index (χ2v) is 6.54. The lowest BCUT2D eigenvalue weighted by molar-refractivity contribution is 0.00578. The summed E-state index contributed by atoms with van der Waals surface area (Å²) in [6.07, 6.45) is 4.75. The van der Waals surface area contributed by atoms with E-state index >= 15 is 0 Å². The zero-order chi connectivity index (χ0) is 16.7. The third kappa shape index (κ3) is 3.04. The zero-order valence-electron chi connectivity index (χ0n) is 13.7. The van der Waals surface area contributed by atoms with Crippen molar-refractivity contribution in [3.05, 3.63) is 36.5 Å². The highest BCUT2D eigenvalue weighted by Crippen LogP contribution is 2.36. The summed E-state index contributed by atoms with van der Waals surface area (Å²) in [4.78, 5) is 12.1. The van der Waals surface area contributed by atoms with E-state index in [1.807, 2.05) is 27.7 Å². The molecule has 1 aliphatic rings. The average molecular weight is 317 g/mol. The number of furan rings is 1. The van der Waals surface area contributed by atoms with Crippen molar-refractivity contribution in [2.45, 2.75) is 45.4 Å². The second kappa shape index (κ2) is 5.54. The van der Waals surface area contributed by atoms with Gasteiger partial charge in [0, 0.05) is 17.9 Å². The summed E-state index contributed by atoms with van der Waals surface area (Å²) in [5.74, 6) is 0.677. The third-order valence-corrected chi connectivity index (χ3v) is 4.33. The van der Waals surface area contributed by atoms with Gasteiger partial charge in [-0.1, -0.05) is 0 Å². The van der Waals surface area contributed by atoms with Gasteiger partial charge in [-0.2, -0.15) is 9.78 Å². The molecular formula is C15H20BN3O4. The maximum absolute atomic E-state index is 12.1. The Labute approximate surface area is 135 Å². The van der Waals surface area contributed by atoms with E-state index in [0.29, 0.717) is 17.8 Å². The van der Waals surface area contributed by atoms with Gasteiger partial charge >= 0.3 is 13.1 Å². The minimum Gasteiger partial charge on any atom is -0.467 e. The van der Waals surface area contributed by atoms with Crippen LogP contribution in [-0.2, 0) is 15.9 Å². The molecule has 122 valence electrons. The largest absolute Gasteiger partial charge is 0.498 e. The van der Waals surface area contributed by atoms with Gasteiger partial charge in [0.25, 0.3) is 0 Å². The Balaban J connectivity index is 1.65. The molecule has 1 amide bonds. The molecule has 2 aromatic heterocycles. The molecule has 1 saturated heterocycles. The number of hydrogen-bond acceptors (Lipinski definition) is 5. The SMILES string of the molecule is CC1(C)OB(c2cnn(C(=O)NCc3ccco3)c2)OC1(C)C. The van der Waals surface area contributed by atoms with Gasteiger partial charge < -0.3 is 19.0 Å². The molecule has 0 aliphatic carbocycles.